The second-order valence-electron chi connectivity index (χ2n) is 8.83. The Bertz CT molecular complexity index is 1080. The highest BCUT2D eigenvalue weighted by molar-refractivity contribution is 5.94. The monoisotopic (exact) mass is 431 g/mol. The molecule has 1 aromatic heterocycles. The highest BCUT2D eigenvalue weighted by Crippen LogP contribution is 2.27. The van der Waals surface area contributed by atoms with Crippen LogP contribution in [-0.4, -0.2) is 48.0 Å². The van der Waals surface area contributed by atoms with E-state index in [-0.39, 0.29) is 23.7 Å². The van der Waals surface area contributed by atoms with Gasteiger partial charge in [0.25, 0.3) is 0 Å². The van der Waals surface area contributed by atoms with E-state index in [4.69, 9.17) is 4.74 Å². The van der Waals surface area contributed by atoms with Crippen LogP contribution in [0, 0.1) is 11.8 Å². The zero-order valence-electron chi connectivity index (χ0n) is 18.2. The number of nitrogens with zero attached hydrogens (tertiary/aromatic N) is 1. The molecule has 0 spiro atoms. The Morgan fingerprint density at radius 1 is 0.906 bits per heavy atom. The highest BCUT2D eigenvalue weighted by Gasteiger charge is 2.31. The molecule has 2 aliphatic heterocycles. The van der Waals surface area contributed by atoms with E-state index in [0.29, 0.717) is 39.1 Å². The maximum atomic E-state index is 12.9. The van der Waals surface area contributed by atoms with Gasteiger partial charge in [-0.1, -0.05) is 30.3 Å². The van der Waals surface area contributed by atoms with Gasteiger partial charge >= 0.3 is 0 Å². The van der Waals surface area contributed by atoms with Gasteiger partial charge < -0.3 is 19.9 Å². The third-order valence-corrected chi connectivity index (χ3v) is 6.72. The van der Waals surface area contributed by atoms with Crippen LogP contribution in [0.15, 0.2) is 54.6 Å². The fraction of sp³-hybridized carbons (Fsp3) is 0.385. The molecule has 3 heterocycles. The molecule has 2 N–H and O–H groups in total. The smallest absolute Gasteiger partial charge is 0.227 e. The van der Waals surface area contributed by atoms with Crippen LogP contribution in [0.1, 0.15) is 25.7 Å². The number of fused-ring (bicyclic) bond motifs is 1. The predicted octanol–water partition coefficient (Wildman–Crippen LogP) is 4.44. The Morgan fingerprint density at radius 3 is 2.47 bits per heavy atom. The average molecular weight is 432 g/mol. The van der Waals surface area contributed by atoms with Gasteiger partial charge in [0.2, 0.25) is 11.8 Å². The molecule has 5 rings (SSSR count). The number of anilines is 1. The zero-order valence-corrected chi connectivity index (χ0v) is 18.2. The zero-order chi connectivity index (χ0) is 21.9. The number of aromatic amines is 1. The second kappa shape index (κ2) is 9.17. The van der Waals surface area contributed by atoms with Crippen molar-refractivity contribution in [3.05, 3.63) is 54.6 Å². The number of para-hydroxylation sites is 1. The lowest BCUT2D eigenvalue weighted by molar-refractivity contribution is -0.141. The minimum absolute atomic E-state index is 0.0389. The molecular weight excluding hydrogens is 402 g/mol. The van der Waals surface area contributed by atoms with Crippen LogP contribution < -0.4 is 5.32 Å². The lowest BCUT2D eigenvalue weighted by Crippen LogP contribution is -2.45. The Balaban J connectivity index is 1.19. The molecule has 0 unspecified atom stereocenters. The predicted molar refractivity (Wildman–Crippen MR) is 125 cm³/mol. The van der Waals surface area contributed by atoms with Crippen LogP contribution in [0.4, 0.5) is 5.69 Å². The summed E-state index contributed by atoms with van der Waals surface area (Å²) in [5.41, 5.74) is 3.96. The molecule has 6 nitrogen and oxygen atoms in total. The van der Waals surface area contributed by atoms with Crippen molar-refractivity contribution in [1.82, 2.24) is 9.88 Å². The van der Waals surface area contributed by atoms with Crippen LogP contribution in [0.5, 0.6) is 0 Å². The number of aromatic nitrogens is 1. The number of nitrogens with one attached hydrogen (secondary N) is 2. The number of hydrogen-bond acceptors (Lipinski definition) is 3. The molecule has 0 radical (unpaired) electrons. The van der Waals surface area contributed by atoms with Gasteiger partial charge in [-0.25, -0.2) is 0 Å². The highest BCUT2D eigenvalue weighted by atomic mass is 16.5. The maximum Gasteiger partial charge on any atom is 0.227 e. The van der Waals surface area contributed by atoms with Crippen molar-refractivity contribution in [2.24, 2.45) is 11.8 Å². The maximum absolute atomic E-state index is 12.9. The third kappa shape index (κ3) is 4.41. The summed E-state index contributed by atoms with van der Waals surface area (Å²) in [6.07, 6.45) is 3.04. The topological polar surface area (TPSA) is 74.4 Å². The van der Waals surface area contributed by atoms with Gasteiger partial charge in [-0.15, -0.1) is 0 Å². The van der Waals surface area contributed by atoms with Gasteiger partial charge in [-0.2, -0.15) is 0 Å². The molecule has 2 aliphatic rings. The van der Waals surface area contributed by atoms with Crippen LogP contribution in [0.3, 0.4) is 0 Å². The number of hydrogen-bond donors (Lipinski definition) is 2. The first kappa shape index (κ1) is 20.8. The van der Waals surface area contributed by atoms with Crippen molar-refractivity contribution >= 4 is 28.4 Å². The van der Waals surface area contributed by atoms with Crippen molar-refractivity contribution in [2.45, 2.75) is 25.7 Å². The van der Waals surface area contributed by atoms with Crippen LogP contribution in [0.2, 0.25) is 0 Å². The molecule has 0 aliphatic carbocycles. The molecular formula is C26H29N3O3. The van der Waals surface area contributed by atoms with Gasteiger partial charge in [0.1, 0.15) is 0 Å². The molecule has 0 bridgehead atoms. The average Bonchev–Trinajstić information content (AvgIpc) is 3.29. The second-order valence-corrected chi connectivity index (χ2v) is 8.83. The first-order chi connectivity index (χ1) is 15.7. The first-order valence-corrected chi connectivity index (χ1v) is 11.5. The van der Waals surface area contributed by atoms with Gasteiger partial charge in [0, 0.05) is 66.0 Å². The lowest BCUT2D eigenvalue weighted by atomic mass is 9.93. The summed E-state index contributed by atoms with van der Waals surface area (Å²) in [6, 6.07) is 18.2. The number of H-pyrrole nitrogens is 1. The molecule has 2 fully saturated rings. The lowest BCUT2D eigenvalue weighted by Gasteiger charge is -2.34. The van der Waals surface area contributed by atoms with Crippen molar-refractivity contribution in [1.29, 1.82) is 0 Å². The van der Waals surface area contributed by atoms with E-state index < -0.39 is 0 Å². The summed E-state index contributed by atoms with van der Waals surface area (Å²) in [7, 11) is 0. The molecule has 0 atom stereocenters. The van der Waals surface area contributed by atoms with Crippen LogP contribution in [-0.2, 0) is 14.3 Å². The third-order valence-electron chi connectivity index (χ3n) is 6.72. The first-order valence-electron chi connectivity index (χ1n) is 11.5. The Hall–Kier alpha value is -3.12. The molecule has 2 amide bonds. The van der Waals surface area contributed by atoms with Gasteiger partial charge in [-0.05, 0) is 49.9 Å². The number of benzene rings is 2. The van der Waals surface area contributed by atoms with Crippen molar-refractivity contribution in [3.63, 3.8) is 0 Å². The standard InChI is InChI=1S/C26H29N3O3/c30-25(18-8-12-29(13-9-18)26(31)19-10-14-32-15-11-19)27-22-6-3-5-20(16-22)24-17-21-4-1-2-7-23(21)28-24/h1-7,16-19,28H,8-15H2,(H,27,30). The molecule has 3 aromatic rings. The van der Waals surface area contributed by atoms with Gasteiger partial charge in [0.15, 0.2) is 0 Å². The molecule has 0 saturated carbocycles. The molecule has 2 aromatic carbocycles. The van der Waals surface area contributed by atoms with Crippen molar-refractivity contribution in [2.75, 3.05) is 31.6 Å². The van der Waals surface area contributed by atoms with E-state index in [1.54, 1.807) is 0 Å². The SMILES string of the molecule is O=C(Nc1cccc(-c2cc3ccccc3[nH]2)c1)C1CCN(C(=O)C2CCOCC2)CC1. The van der Waals surface area contributed by atoms with E-state index in [1.165, 1.54) is 5.39 Å². The summed E-state index contributed by atoms with van der Waals surface area (Å²) in [4.78, 5) is 31.0. The molecule has 6 heteroatoms. The number of piperidine rings is 1. The van der Waals surface area contributed by atoms with E-state index in [0.717, 1.165) is 35.3 Å². The van der Waals surface area contributed by atoms with Crippen molar-refractivity contribution < 1.29 is 14.3 Å². The fourth-order valence-corrected chi connectivity index (χ4v) is 4.80. The normalized spacial score (nSPS) is 18.1. The van der Waals surface area contributed by atoms with Crippen molar-refractivity contribution in [3.8, 4) is 11.3 Å². The van der Waals surface area contributed by atoms with E-state index in [9.17, 15) is 9.59 Å². The van der Waals surface area contributed by atoms with E-state index >= 15 is 0 Å². The Morgan fingerprint density at radius 2 is 1.69 bits per heavy atom. The number of likely N-dealkylation sites (tertiary alicyclic amines) is 1. The number of ether oxygens (including phenoxy) is 1. The van der Waals surface area contributed by atoms with Gasteiger partial charge in [0.05, 0.1) is 0 Å². The molecule has 166 valence electrons. The fourth-order valence-electron chi connectivity index (χ4n) is 4.80. The van der Waals surface area contributed by atoms with Gasteiger partial charge in [-0.3, -0.25) is 9.59 Å². The van der Waals surface area contributed by atoms with E-state index in [1.807, 2.05) is 41.3 Å². The van der Waals surface area contributed by atoms with E-state index in [2.05, 4.69) is 28.5 Å². The quantitative estimate of drug-likeness (QED) is 0.641. The largest absolute Gasteiger partial charge is 0.381 e. The number of amides is 2. The Kier molecular flexibility index (Phi) is 5.95. The summed E-state index contributed by atoms with van der Waals surface area (Å²) in [5.74, 6) is 0.294. The van der Waals surface area contributed by atoms with Crippen LogP contribution >= 0.6 is 0 Å². The number of carbonyl (C=O) groups excluding carboxylic acids is 2. The summed E-state index contributed by atoms with van der Waals surface area (Å²) >= 11 is 0. The summed E-state index contributed by atoms with van der Waals surface area (Å²) in [6.45, 7) is 2.66. The van der Waals surface area contributed by atoms with Crippen LogP contribution in [0.25, 0.3) is 22.2 Å². The minimum Gasteiger partial charge on any atom is -0.381 e. The summed E-state index contributed by atoms with van der Waals surface area (Å²) < 4.78 is 5.37. The molecule has 2 saturated heterocycles. The Labute approximate surface area is 187 Å². The minimum atomic E-state index is -0.0644. The summed E-state index contributed by atoms with van der Waals surface area (Å²) in [5, 5.41) is 4.26. The molecule has 32 heavy (non-hydrogen) atoms. The number of rotatable bonds is 4. The number of carbonyl (C=O) groups is 2.